The van der Waals surface area contributed by atoms with Gasteiger partial charge in [-0.3, -0.25) is 0 Å². The molecule has 2 heterocycles. The summed E-state index contributed by atoms with van der Waals surface area (Å²) in [5, 5.41) is 4.01. The van der Waals surface area contributed by atoms with Crippen LogP contribution in [-0.2, 0) is 16.6 Å². The predicted octanol–water partition coefficient (Wildman–Crippen LogP) is -0.176. The molecule has 2 aromatic heterocycles. The molecule has 0 unspecified atom stereocenters. The Labute approximate surface area is 103 Å². The molecule has 0 saturated heterocycles. The zero-order chi connectivity index (χ0) is 13.0. The fourth-order valence-electron chi connectivity index (χ4n) is 1.25. The summed E-state index contributed by atoms with van der Waals surface area (Å²) in [6.45, 7) is -0.232. The Bertz CT molecular complexity index is 540. The Morgan fingerprint density at radius 3 is 3.00 bits per heavy atom. The molecular weight excluding hydrogens is 238 g/mol. The second-order valence-electron chi connectivity index (χ2n) is 3.30. The number of carbonyl (C=O) groups excluding carboxylic acids is 1. The molecular formula is C10H11N5O3. The van der Waals surface area contributed by atoms with Crippen LogP contribution in [0.4, 0.5) is 0 Å². The number of rotatable bonds is 4. The number of aryl methyl sites for hydroxylation is 1. The van der Waals surface area contributed by atoms with Gasteiger partial charge in [-0.05, 0) is 6.07 Å². The van der Waals surface area contributed by atoms with Gasteiger partial charge in [0.25, 0.3) is 0 Å². The molecule has 94 valence electrons. The van der Waals surface area contributed by atoms with Crippen LogP contribution in [0.25, 0.3) is 11.5 Å². The van der Waals surface area contributed by atoms with Crippen LogP contribution >= 0.6 is 0 Å². The third kappa shape index (κ3) is 2.59. The van der Waals surface area contributed by atoms with Crippen molar-refractivity contribution in [3.8, 4) is 17.5 Å². The maximum absolute atomic E-state index is 10.9. The smallest absolute Gasteiger partial charge is 0.344 e. The van der Waals surface area contributed by atoms with E-state index in [1.54, 1.807) is 19.3 Å². The summed E-state index contributed by atoms with van der Waals surface area (Å²) in [5.41, 5.74) is 0.618. The molecule has 0 atom stereocenters. The SMILES string of the molecule is COC(=O)COc1nc(-c2ccncn2)n(C)n1. The van der Waals surface area contributed by atoms with E-state index in [4.69, 9.17) is 4.74 Å². The second-order valence-corrected chi connectivity index (χ2v) is 3.30. The standard InChI is InChI=1S/C10H11N5O3/c1-15-9(7-3-4-11-6-12-7)13-10(14-15)18-5-8(16)17-2/h3-4,6H,5H2,1-2H3. The Hall–Kier alpha value is -2.51. The number of aromatic nitrogens is 5. The van der Waals surface area contributed by atoms with E-state index in [0.717, 1.165) is 0 Å². The van der Waals surface area contributed by atoms with Crippen molar-refractivity contribution in [2.45, 2.75) is 0 Å². The van der Waals surface area contributed by atoms with E-state index >= 15 is 0 Å². The first-order chi connectivity index (χ1) is 8.70. The number of hydrogen-bond donors (Lipinski definition) is 0. The predicted molar refractivity (Wildman–Crippen MR) is 59.5 cm³/mol. The lowest BCUT2D eigenvalue weighted by atomic mass is 10.4. The normalized spacial score (nSPS) is 10.1. The highest BCUT2D eigenvalue weighted by molar-refractivity contribution is 5.70. The van der Waals surface area contributed by atoms with Crippen molar-refractivity contribution in [2.24, 2.45) is 7.05 Å². The van der Waals surface area contributed by atoms with Gasteiger partial charge < -0.3 is 9.47 Å². The monoisotopic (exact) mass is 249 g/mol. The van der Waals surface area contributed by atoms with Gasteiger partial charge in [0.05, 0.1) is 7.11 Å². The molecule has 0 aromatic carbocycles. The Morgan fingerprint density at radius 2 is 2.33 bits per heavy atom. The quantitative estimate of drug-likeness (QED) is 0.694. The minimum Gasteiger partial charge on any atom is -0.466 e. The number of methoxy groups -OCH3 is 1. The van der Waals surface area contributed by atoms with Gasteiger partial charge in [0, 0.05) is 13.2 Å². The van der Waals surface area contributed by atoms with E-state index in [1.165, 1.54) is 18.1 Å². The Kier molecular flexibility index (Phi) is 3.46. The van der Waals surface area contributed by atoms with Crippen molar-refractivity contribution in [3.63, 3.8) is 0 Å². The molecule has 0 fully saturated rings. The van der Waals surface area contributed by atoms with Gasteiger partial charge in [-0.2, -0.15) is 4.98 Å². The first kappa shape index (κ1) is 12.0. The van der Waals surface area contributed by atoms with Crippen molar-refractivity contribution in [1.29, 1.82) is 0 Å². The molecule has 0 aliphatic carbocycles. The third-order valence-electron chi connectivity index (χ3n) is 2.10. The lowest BCUT2D eigenvalue weighted by molar-refractivity contribution is -0.143. The molecule has 0 bridgehead atoms. The highest BCUT2D eigenvalue weighted by Crippen LogP contribution is 2.15. The van der Waals surface area contributed by atoms with Gasteiger partial charge in [0.2, 0.25) is 0 Å². The van der Waals surface area contributed by atoms with Crippen LogP contribution in [0.2, 0.25) is 0 Å². The summed E-state index contributed by atoms with van der Waals surface area (Å²) in [4.78, 5) is 22.9. The van der Waals surface area contributed by atoms with Crippen molar-refractivity contribution in [2.75, 3.05) is 13.7 Å². The molecule has 0 radical (unpaired) electrons. The van der Waals surface area contributed by atoms with E-state index in [9.17, 15) is 4.79 Å². The molecule has 0 spiro atoms. The molecule has 0 N–H and O–H groups in total. The number of nitrogens with zero attached hydrogens (tertiary/aromatic N) is 5. The largest absolute Gasteiger partial charge is 0.466 e. The Balaban J connectivity index is 2.15. The van der Waals surface area contributed by atoms with Gasteiger partial charge in [0.15, 0.2) is 12.4 Å². The lowest BCUT2D eigenvalue weighted by Crippen LogP contribution is -2.13. The summed E-state index contributed by atoms with van der Waals surface area (Å²) >= 11 is 0. The molecule has 2 rings (SSSR count). The molecule has 0 aliphatic heterocycles. The van der Waals surface area contributed by atoms with E-state index in [1.807, 2.05) is 0 Å². The highest BCUT2D eigenvalue weighted by atomic mass is 16.6. The molecule has 18 heavy (non-hydrogen) atoms. The highest BCUT2D eigenvalue weighted by Gasteiger charge is 2.12. The van der Waals surface area contributed by atoms with Crippen molar-refractivity contribution < 1.29 is 14.3 Å². The van der Waals surface area contributed by atoms with Crippen LogP contribution in [-0.4, -0.2) is 44.4 Å². The summed E-state index contributed by atoms with van der Waals surface area (Å²) in [6, 6.07) is 1.80. The zero-order valence-electron chi connectivity index (χ0n) is 9.90. The van der Waals surface area contributed by atoms with Crippen LogP contribution in [0.1, 0.15) is 0 Å². The molecule has 0 amide bonds. The first-order valence-corrected chi connectivity index (χ1v) is 5.07. The number of ether oxygens (including phenoxy) is 2. The van der Waals surface area contributed by atoms with E-state index in [2.05, 4.69) is 24.8 Å². The lowest BCUT2D eigenvalue weighted by Gasteiger charge is -1.97. The van der Waals surface area contributed by atoms with Gasteiger partial charge in [-0.1, -0.05) is 0 Å². The number of esters is 1. The fraction of sp³-hybridized carbons (Fsp3) is 0.300. The molecule has 0 saturated carbocycles. The van der Waals surface area contributed by atoms with Crippen LogP contribution in [0, 0.1) is 0 Å². The van der Waals surface area contributed by atoms with Crippen molar-refractivity contribution in [3.05, 3.63) is 18.6 Å². The summed E-state index contributed by atoms with van der Waals surface area (Å²) in [7, 11) is 2.99. The van der Waals surface area contributed by atoms with Crippen LogP contribution in [0.3, 0.4) is 0 Å². The third-order valence-corrected chi connectivity index (χ3v) is 2.10. The van der Waals surface area contributed by atoms with Crippen molar-refractivity contribution in [1.82, 2.24) is 24.7 Å². The second kappa shape index (κ2) is 5.21. The minimum atomic E-state index is -0.494. The topological polar surface area (TPSA) is 92.0 Å². The van der Waals surface area contributed by atoms with Gasteiger partial charge in [-0.25, -0.2) is 19.4 Å². The van der Waals surface area contributed by atoms with Crippen molar-refractivity contribution >= 4 is 5.97 Å². The molecule has 0 aliphatic rings. The zero-order valence-corrected chi connectivity index (χ0v) is 9.90. The fourth-order valence-corrected chi connectivity index (χ4v) is 1.25. The molecule has 8 nitrogen and oxygen atoms in total. The molecule has 8 heteroatoms. The van der Waals surface area contributed by atoms with E-state index in [-0.39, 0.29) is 12.6 Å². The molecule has 2 aromatic rings. The average molecular weight is 249 g/mol. The first-order valence-electron chi connectivity index (χ1n) is 5.07. The minimum absolute atomic E-state index is 0.0940. The van der Waals surface area contributed by atoms with Gasteiger partial charge >= 0.3 is 12.0 Å². The van der Waals surface area contributed by atoms with Gasteiger partial charge in [-0.15, -0.1) is 5.10 Å². The Morgan fingerprint density at radius 1 is 1.50 bits per heavy atom. The maximum Gasteiger partial charge on any atom is 0.344 e. The summed E-state index contributed by atoms with van der Waals surface area (Å²) in [5.74, 6) is 0.0308. The van der Waals surface area contributed by atoms with E-state index < -0.39 is 5.97 Å². The summed E-state index contributed by atoms with van der Waals surface area (Å²) < 4.78 is 11.0. The number of hydrogen-bond acceptors (Lipinski definition) is 7. The van der Waals surface area contributed by atoms with Crippen LogP contribution in [0.5, 0.6) is 6.01 Å². The van der Waals surface area contributed by atoms with Crippen LogP contribution < -0.4 is 4.74 Å². The summed E-state index contributed by atoms with van der Waals surface area (Å²) in [6.07, 6.45) is 3.02. The van der Waals surface area contributed by atoms with Gasteiger partial charge in [0.1, 0.15) is 12.0 Å². The average Bonchev–Trinajstić information content (AvgIpc) is 2.78. The number of carbonyl (C=O) groups is 1. The van der Waals surface area contributed by atoms with Crippen LogP contribution in [0.15, 0.2) is 18.6 Å². The van der Waals surface area contributed by atoms with E-state index in [0.29, 0.717) is 11.5 Å². The maximum atomic E-state index is 10.9.